The molecule has 158 valence electrons. The molecule has 1 saturated carbocycles. The molecular formula is C25H27Cl2NOS. The number of benzene rings is 1. The number of hydrogen-bond donors (Lipinski definition) is 0. The Kier molecular flexibility index (Phi) is 5.60. The van der Waals surface area contributed by atoms with Crippen LogP contribution in [0.4, 0.5) is 0 Å². The maximum atomic E-state index is 13.7. The molecule has 2 aromatic rings. The lowest BCUT2D eigenvalue weighted by atomic mass is 9.87. The van der Waals surface area contributed by atoms with E-state index in [9.17, 15) is 4.79 Å². The monoisotopic (exact) mass is 459 g/mol. The van der Waals surface area contributed by atoms with E-state index in [1.807, 2.05) is 6.07 Å². The summed E-state index contributed by atoms with van der Waals surface area (Å²) >= 11 is 14.4. The molecule has 1 aromatic heterocycles. The minimum Gasteiger partial charge on any atom is -0.306 e. The summed E-state index contributed by atoms with van der Waals surface area (Å²) in [5.74, 6) is 2.77. The van der Waals surface area contributed by atoms with Gasteiger partial charge in [0.15, 0.2) is 5.78 Å². The van der Waals surface area contributed by atoms with Crippen molar-refractivity contribution in [2.24, 2.45) is 23.7 Å². The molecule has 2 fully saturated rings. The number of carbonyl (C=O) groups is 1. The lowest BCUT2D eigenvalue weighted by Crippen LogP contribution is -2.30. The van der Waals surface area contributed by atoms with E-state index in [1.54, 1.807) is 23.5 Å². The summed E-state index contributed by atoms with van der Waals surface area (Å²) in [6.45, 7) is 4.62. The summed E-state index contributed by atoms with van der Waals surface area (Å²) in [4.78, 5) is 17.5. The Balaban J connectivity index is 1.47. The first-order chi connectivity index (χ1) is 14.5. The number of carbonyl (C=O) groups excluding carboxylic acids is 1. The highest BCUT2D eigenvalue weighted by molar-refractivity contribution is 7.10. The predicted octanol–water partition coefficient (Wildman–Crippen LogP) is 6.86. The van der Waals surface area contributed by atoms with Crippen molar-refractivity contribution in [3.05, 3.63) is 61.3 Å². The number of fused-ring (bicyclic) bond motifs is 2. The molecule has 0 spiro atoms. The van der Waals surface area contributed by atoms with Gasteiger partial charge >= 0.3 is 0 Å². The molecule has 30 heavy (non-hydrogen) atoms. The summed E-state index contributed by atoms with van der Waals surface area (Å²) in [6, 6.07) is 7.46. The van der Waals surface area contributed by atoms with Crippen LogP contribution in [0.5, 0.6) is 0 Å². The fourth-order valence-electron chi connectivity index (χ4n) is 5.80. The van der Waals surface area contributed by atoms with Gasteiger partial charge in [-0.1, -0.05) is 34.8 Å². The highest BCUT2D eigenvalue weighted by Crippen LogP contribution is 2.60. The van der Waals surface area contributed by atoms with Crippen LogP contribution in [0.15, 0.2) is 35.2 Å². The third-order valence-corrected chi connectivity index (χ3v) is 9.29. The van der Waals surface area contributed by atoms with Crippen molar-refractivity contribution in [1.82, 2.24) is 4.90 Å². The van der Waals surface area contributed by atoms with Gasteiger partial charge in [-0.15, -0.1) is 11.3 Å². The topological polar surface area (TPSA) is 20.3 Å². The van der Waals surface area contributed by atoms with E-state index in [4.69, 9.17) is 23.2 Å². The molecule has 1 saturated heterocycles. The van der Waals surface area contributed by atoms with Gasteiger partial charge in [0.25, 0.3) is 0 Å². The third kappa shape index (κ3) is 3.58. The van der Waals surface area contributed by atoms with Crippen LogP contribution in [0.2, 0.25) is 10.0 Å². The lowest BCUT2D eigenvalue weighted by molar-refractivity contribution is 0.105. The number of hydrogen-bond acceptors (Lipinski definition) is 3. The summed E-state index contributed by atoms with van der Waals surface area (Å²) in [6.07, 6.45) is 5.03. The molecule has 1 aromatic carbocycles. The minimum atomic E-state index is 0.0187. The van der Waals surface area contributed by atoms with E-state index >= 15 is 0 Å². The van der Waals surface area contributed by atoms with Gasteiger partial charge in [-0.3, -0.25) is 4.79 Å². The zero-order chi connectivity index (χ0) is 21.0. The van der Waals surface area contributed by atoms with Crippen molar-refractivity contribution >= 4 is 45.9 Å². The van der Waals surface area contributed by atoms with E-state index in [-0.39, 0.29) is 5.78 Å². The summed E-state index contributed by atoms with van der Waals surface area (Å²) in [5, 5.41) is 2.92. The average molecular weight is 460 g/mol. The first kappa shape index (κ1) is 20.8. The number of Topliss-reactive ketones (excluding diaryl/α,β-unsaturated/α-hetero) is 1. The zero-order valence-corrected chi connectivity index (χ0v) is 19.8. The number of allylic oxidation sites excluding steroid dienone is 2. The molecular weight excluding hydrogens is 433 g/mol. The molecule has 5 heteroatoms. The molecule has 3 atom stereocenters. The predicted molar refractivity (Wildman–Crippen MR) is 127 cm³/mol. The molecule has 1 aliphatic heterocycles. The SMILES string of the molecule is CC1=C(C(=O)c2cccc(Cl)c2Cl)c2ccsc2CC2C(CC3CCN(C)CC3)C12. The van der Waals surface area contributed by atoms with Crippen LogP contribution in [-0.4, -0.2) is 30.8 Å². The summed E-state index contributed by atoms with van der Waals surface area (Å²) < 4.78 is 0. The van der Waals surface area contributed by atoms with Crippen LogP contribution in [0.1, 0.15) is 47.0 Å². The van der Waals surface area contributed by atoms with Gasteiger partial charge in [0.2, 0.25) is 0 Å². The maximum absolute atomic E-state index is 13.7. The van der Waals surface area contributed by atoms with Crippen molar-refractivity contribution in [3.63, 3.8) is 0 Å². The van der Waals surface area contributed by atoms with Crippen molar-refractivity contribution < 1.29 is 4.79 Å². The fourth-order valence-corrected chi connectivity index (χ4v) is 7.14. The zero-order valence-electron chi connectivity index (χ0n) is 17.5. The number of halogens is 2. The van der Waals surface area contributed by atoms with Crippen molar-refractivity contribution in [2.75, 3.05) is 20.1 Å². The fraction of sp³-hybridized carbons (Fsp3) is 0.480. The second-order valence-electron chi connectivity index (χ2n) is 9.29. The Morgan fingerprint density at radius 2 is 1.97 bits per heavy atom. The van der Waals surface area contributed by atoms with E-state index in [1.165, 1.54) is 42.8 Å². The van der Waals surface area contributed by atoms with Gasteiger partial charge in [0.05, 0.1) is 10.0 Å². The van der Waals surface area contributed by atoms with Gasteiger partial charge in [-0.2, -0.15) is 0 Å². The molecule has 0 N–H and O–H groups in total. The van der Waals surface area contributed by atoms with Crippen molar-refractivity contribution in [3.8, 4) is 0 Å². The summed E-state index contributed by atoms with van der Waals surface area (Å²) in [7, 11) is 2.22. The first-order valence-corrected chi connectivity index (χ1v) is 12.5. The molecule has 2 nitrogen and oxygen atoms in total. The van der Waals surface area contributed by atoms with Crippen LogP contribution in [0, 0.1) is 23.7 Å². The number of nitrogens with zero attached hydrogens (tertiary/aromatic N) is 1. The molecule has 5 rings (SSSR count). The highest BCUT2D eigenvalue weighted by atomic mass is 35.5. The van der Waals surface area contributed by atoms with Crippen LogP contribution >= 0.6 is 34.5 Å². The van der Waals surface area contributed by atoms with Crippen LogP contribution < -0.4 is 0 Å². The van der Waals surface area contributed by atoms with Gasteiger partial charge < -0.3 is 4.90 Å². The Labute approximate surface area is 192 Å². The minimum absolute atomic E-state index is 0.0187. The third-order valence-electron chi connectivity index (χ3n) is 7.53. The van der Waals surface area contributed by atoms with Gasteiger partial charge in [0, 0.05) is 16.0 Å². The molecule has 3 aliphatic rings. The van der Waals surface area contributed by atoms with Gasteiger partial charge in [0.1, 0.15) is 0 Å². The number of thiophene rings is 1. The number of likely N-dealkylation sites (tertiary alicyclic amines) is 1. The molecule has 2 heterocycles. The van der Waals surface area contributed by atoms with Gasteiger partial charge in [-0.05, 0) is 106 Å². The van der Waals surface area contributed by atoms with E-state index in [2.05, 4.69) is 30.3 Å². The smallest absolute Gasteiger partial charge is 0.195 e. The summed E-state index contributed by atoms with van der Waals surface area (Å²) in [5.41, 5.74) is 3.76. The molecule has 2 aliphatic carbocycles. The van der Waals surface area contributed by atoms with E-state index < -0.39 is 0 Å². The molecule has 0 bridgehead atoms. The van der Waals surface area contributed by atoms with Gasteiger partial charge in [-0.25, -0.2) is 0 Å². The Bertz CT molecular complexity index is 1020. The Hall–Kier alpha value is -1.13. The van der Waals surface area contributed by atoms with E-state index in [0.717, 1.165) is 23.5 Å². The standard InChI is InChI=1S/C25H27Cl2NOS/c1-14-22-18(12-15-6-9-28(2)10-7-15)19(22)13-21-16(8-11-30-21)23(14)25(29)17-4-3-5-20(26)24(17)27/h3-5,8,11,15,18-19,22H,6-7,9-10,12-13H2,1-2H3. The average Bonchev–Trinajstić information content (AvgIpc) is 3.23. The second-order valence-corrected chi connectivity index (χ2v) is 11.1. The maximum Gasteiger partial charge on any atom is 0.195 e. The molecule has 0 radical (unpaired) electrons. The molecule has 0 amide bonds. The quantitative estimate of drug-likeness (QED) is 0.465. The van der Waals surface area contributed by atoms with Crippen LogP contribution in [0.3, 0.4) is 0 Å². The normalized spacial score (nSPS) is 26.9. The number of rotatable bonds is 4. The first-order valence-electron chi connectivity index (χ1n) is 10.9. The lowest BCUT2D eigenvalue weighted by Gasteiger charge is -2.29. The van der Waals surface area contributed by atoms with E-state index in [0.29, 0.717) is 33.4 Å². The number of ketones is 1. The Morgan fingerprint density at radius 3 is 2.73 bits per heavy atom. The molecule has 3 unspecified atom stereocenters. The number of piperidine rings is 1. The Morgan fingerprint density at radius 1 is 1.20 bits per heavy atom. The highest BCUT2D eigenvalue weighted by Gasteiger charge is 2.53. The van der Waals surface area contributed by atoms with Crippen molar-refractivity contribution in [2.45, 2.75) is 32.6 Å². The largest absolute Gasteiger partial charge is 0.306 e. The van der Waals surface area contributed by atoms with Crippen molar-refractivity contribution in [1.29, 1.82) is 0 Å². The second kappa shape index (κ2) is 8.09. The van der Waals surface area contributed by atoms with Crippen LogP contribution in [-0.2, 0) is 6.42 Å². The van der Waals surface area contributed by atoms with Crippen LogP contribution in [0.25, 0.3) is 5.57 Å².